The molecule has 3 atom stereocenters. The molecular weight excluding hydrogens is 218 g/mol. The van der Waals surface area contributed by atoms with Gasteiger partial charge in [-0.1, -0.05) is 13.8 Å². The van der Waals surface area contributed by atoms with E-state index in [1.54, 1.807) is 4.90 Å². The van der Waals surface area contributed by atoms with E-state index >= 15 is 0 Å². The second-order valence-electron chi connectivity index (χ2n) is 5.59. The van der Waals surface area contributed by atoms with Gasteiger partial charge < -0.3 is 15.1 Å². The first kappa shape index (κ1) is 12.4. The molecule has 17 heavy (non-hydrogen) atoms. The van der Waals surface area contributed by atoms with E-state index in [1.165, 1.54) is 0 Å². The van der Waals surface area contributed by atoms with Crippen molar-refractivity contribution in [3.63, 3.8) is 0 Å². The largest absolute Gasteiger partial charge is 0.342 e. The monoisotopic (exact) mass is 239 g/mol. The van der Waals surface area contributed by atoms with Gasteiger partial charge in [-0.3, -0.25) is 9.59 Å². The summed E-state index contributed by atoms with van der Waals surface area (Å²) in [6.07, 6.45) is 0.745. The molecule has 0 unspecified atom stereocenters. The highest BCUT2D eigenvalue weighted by Gasteiger charge is 2.47. The summed E-state index contributed by atoms with van der Waals surface area (Å²) in [5, 5.41) is 2.85. The molecule has 2 saturated heterocycles. The lowest BCUT2D eigenvalue weighted by Gasteiger charge is -2.36. The number of carbonyl (C=O) groups excluding carboxylic acids is 2. The van der Waals surface area contributed by atoms with Crippen LogP contribution in [0.3, 0.4) is 0 Å². The van der Waals surface area contributed by atoms with Crippen LogP contribution in [0.4, 0.5) is 0 Å². The second-order valence-corrected chi connectivity index (χ2v) is 5.59. The molecule has 0 spiro atoms. The van der Waals surface area contributed by atoms with Crippen LogP contribution in [0.25, 0.3) is 0 Å². The fourth-order valence-electron chi connectivity index (χ4n) is 2.62. The molecule has 96 valence electrons. The first-order valence-electron chi connectivity index (χ1n) is 6.19. The van der Waals surface area contributed by atoms with Crippen LogP contribution in [-0.2, 0) is 9.59 Å². The number of piperazine rings is 1. The van der Waals surface area contributed by atoms with Crippen LogP contribution < -0.4 is 5.32 Å². The van der Waals surface area contributed by atoms with E-state index in [-0.39, 0.29) is 29.8 Å². The summed E-state index contributed by atoms with van der Waals surface area (Å²) >= 11 is 0. The first-order chi connectivity index (χ1) is 7.91. The number of rotatable bonds is 2. The van der Waals surface area contributed by atoms with Gasteiger partial charge in [0.25, 0.3) is 0 Å². The summed E-state index contributed by atoms with van der Waals surface area (Å²) in [5.41, 5.74) is 0. The molecule has 0 bridgehead atoms. The maximum Gasteiger partial charge on any atom is 0.246 e. The maximum absolute atomic E-state index is 12.3. The zero-order valence-corrected chi connectivity index (χ0v) is 10.9. The lowest BCUT2D eigenvalue weighted by Crippen LogP contribution is -2.62. The highest BCUT2D eigenvalue weighted by Crippen LogP contribution is 2.26. The third kappa shape index (κ3) is 2.04. The van der Waals surface area contributed by atoms with E-state index in [2.05, 4.69) is 10.2 Å². The Hall–Kier alpha value is -1.10. The molecule has 5 nitrogen and oxygen atoms in total. The van der Waals surface area contributed by atoms with Crippen LogP contribution in [0.1, 0.15) is 20.3 Å². The lowest BCUT2D eigenvalue weighted by atomic mass is 9.98. The molecule has 0 aliphatic carbocycles. The van der Waals surface area contributed by atoms with Crippen molar-refractivity contribution in [2.45, 2.75) is 38.4 Å². The van der Waals surface area contributed by atoms with Gasteiger partial charge in [0.05, 0.1) is 0 Å². The Balaban J connectivity index is 2.18. The van der Waals surface area contributed by atoms with Crippen molar-refractivity contribution < 1.29 is 9.59 Å². The molecule has 2 heterocycles. The van der Waals surface area contributed by atoms with Gasteiger partial charge in [0, 0.05) is 12.6 Å². The summed E-state index contributed by atoms with van der Waals surface area (Å²) in [4.78, 5) is 28.1. The molecule has 2 amide bonds. The van der Waals surface area contributed by atoms with Gasteiger partial charge in [-0.15, -0.1) is 0 Å². The Bertz CT molecular complexity index is 341. The van der Waals surface area contributed by atoms with Gasteiger partial charge in [0.15, 0.2) is 0 Å². The Kier molecular flexibility index (Phi) is 3.12. The molecule has 0 aromatic rings. The number of fused-ring (bicyclic) bond motifs is 1. The predicted molar refractivity (Wildman–Crippen MR) is 64.4 cm³/mol. The Morgan fingerprint density at radius 2 is 2.00 bits per heavy atom. The number of hydrogen-bond donors (Lipinski definition) is 1. The number of likely N-dealkylation sites (N-methyl/N-ethyl adjacent to an activating group) is 1. The minimum Gasteiger partial charge on any atom is -0.342 e. The molecule has 2 aliphatic heterocycles. The fourth-order valence-corrected chi connectivity index (χ4v) is 2.62. The number of nitrogens with zero attached hydrogens (tertiary/aromatic N) is 2. The van der Waals surface area contributed by atoms with Crippen LogP contribution in [0.2, 0.25) is 0 Å². The van der Waals surface area contributed by atoms with E-state index < -0.39 is 0 Å². The average Bonchev–Trinajstić information content (AvgIpc) is 2.68. The maximum atomic E-state index is 12.3. The molecule has 2 rings (SSSR count). The summed E-state index contributed by atoms with van der Waals surface area (Å²) in [6, 6.07) is -0.315. The summed E-state index contributed by atoms with van der Waals surface area (Å²) in [7, 11) is 3.98. The third-order valence-corrected chi connectivity index (χ3v) is 3.83. The fraction of sp³-hybridized carbons (Fsp3) is 0.833. The molecular formula is C12H21N3O2. The molecule has 0 aromatic heterocycles. The first-order valence-corrected chi connectivity index (χ1v) is 6.19. The number of hydrogen-bond acceptors (Lipinski definition) is 3. The lowest BCUT2D eigenvalue weighted by molar-refractivity contribution is -0.148. The van der Waals surface area contributed by atoms with Crippen molar-refractivity contribution >= 4 is 11.8 Å². The molecule has 0 aromatic carbocycles. The average molecular weight is 239 g/mol. The van der Waals surface area contributed by atoms with Crippen molar-refractivity contribution in [2.75, 3.05) is 20.6 Å². The molecule has 5 heteroatoms. The molecule has 1 N–H and O–H groups in total. The van der Waals surface area contributed by atoms with Gasteiger partial charge >= 0.3 is 0 Å². The zero-order chi connectivity index (χ0) is 12.7. The minimum atomic E-state index is -0.348. The van der Waals surface area contributed by atoms with Gasteiger partial charge in [0.2, 0.25) is 11.8 Å². The third-order valence-electron chi connectivity index (χ3n) is 3.83. The van der Waals surface area contributed by atoms with Crippen LogP contribution in [0, 0.1) is 5.92 Å². The highest BCUT2D eigenvalue weighted by atomic mass is 16.2. The van der Waals surface area contributed by atoms with Crippen molar-refractivity contribution in [3.8, 4) is 0 Å². The van der Waals surface area contributed by atoms with Gasteiger partial charge in [-0.25, -0.2) is 0 Å². The standard InChI is InChI=1S/C12H21N3O2/c1-7(2)10-12(17)15-6-8(14(3)4)5-9(15)11(16)13-10/h7-10H,5-6H2,1-4H3,(H,13,16)/t8-,9+,10-/m1/s1. The second kappa shape index (κ2) is 4.29. The minimum absolute atomic E-state index is 0.00708. The quantitative estimate of drug-likeness (QED) is 0.718. The van der Waals surface area contributed by atoms with E-state index in [1.807, 2.05) is 27.9 Å². The van der Waals surface area contributed by atoms with Crippen LogP contribution in [0.15, 0.2) is 0 Å². The summed E-state index contributed by atoms with van der Waals surface area (Å²) in [5.74, 6) is 0.229. The molecule has 0 saturated carbocycles. The Morgan fingerprint density at radius 3 is 2.53 bits per heavy atom. The SMILES string of the molecule is CC(C)[C@H]1NC(=O)[C@@H]2C[C@@H](N(C)C)CN2C1=O. The highest BCUT2D eigenvalue weighted by molar-refractivity contribution is 5.97. The van der Waals surface area contributed by atoms with Crippen LogP contribution >= 0.6 is 0 Å². The molecule has 0 radical (unpaired) electrons. The molecule has 2 fully saturated rings. The zero-order valence-electron chi connectivity index (χ0n) is 10.9. The predicted octanol–water partition coefficient (Wildman–Crippen LogP) is -0.328. The smallest absolute Gasteiger partial charge is 0.246 e. The Morgan fingerprint density at radius 1 is 1.35 bits per heavy atom. The summed E-state index contributed by atoms with van der Waals surface area (Å²) in [6.45, 7) is 4.60. The van der Waals surface area contributed by atoms with Gasteiger partial charge in [-0.2, -0.15) is 0 Å². The van der Waals surface area contributed by atoms with Gasteiger partial charge in [0.1, 0.15) is 12.1 Å². The normalized spacial score (nSPS) is 33.3. The molecule has 2 aliphatic rings. The number of carbonyl (C=O) groups is 2. The van der Waals surface area contributed by atoms with Gasteiger partial charge in [-0.05, 0) is 26.4 Å². The van der Waals surface area contributed by atoms with Crippen LogP contribution in [0.5, 0.6) is 0 Å². The van der Waals surface area contributed by atoms with E-state index in [9.17, 15) is 9.59 Å². The number of nitrogens with one attached hydrogen (secondary N) is 1. The van der Waals surface area contributed by atoms with E-state index in [0.29, 0.717) is 12.6 Å². The van der Waals surface area contributed by atoms with Crippen molar-refractivity contribution in [1.29, 1.82) is 0 Å². The van der Waals surface area contributed by atoms with Crippen molar-refractivity contribution in [2.24, 2.45) is 5.92 Å². The van der Waals surface area contributed by atoms with Crippen molar-refractivity contribution in [3.05, 3.63) is 0 Å². The van der Waals surface area contributed by atoms with Crippen LogP contribution in [-0.4, -0.2) is 60.4 Å². The van der Waals surface area contributed by atoms with Crippen molar-refractivity contribution in [1.82, 2.24) is 15.1 Å². The number of amides is 2. The topological polar surface area (TPSA) is 52.7 Å². The van der Waals surface area contributed by atoms with E-state index in [4.69, 9.17) is 0 Å². The summed E-state index contributed by atoms with van der Waals surface area (Å²) < 4.78 is 0. The Labute approximate surface area is 102 Å². The van der Waals surface area contributed by atoms with E-state index in [0.717, 1.165) is 6.42 Å².